The number of rotatable bonds is 6. The monoisotopic (exact) mass is 280 g/mol. The summed E-state index contributed by atoms with van der Waals surface area (Å²) in [5, 5.41) is 0. The second-order valence-corrected chi connectivity index (χ2v) is 10.5. The molecular formula is C10H26NaO3PS. The third-order valence-electron chi connectivity index (χ3n) is 2.21. The molecule has 0 bridgehead atoms. The summed E-state index contributed by atoms with van der Waals surface area (Å²) >= 11 is 0. The van der Waals surface area contributed by atoms with Gasteiger partial charge in [-0.05, 0) is 36.2 Å². The van der Waals surface area contributed by atoms with Gasteiger partial charge in [-0.2, -0.15) is 0 Å². The van der Waals surface area contributed by atoms with Crippen molar-refractivity contribution in [2.45, 2.75) is 40.5 Å². The van der Waals surface area contributed by atoms with E-state index in [-0.39, 0.29) is 31.0 Å². The van der Waals surface area contributed by atoms with E-state index in [2.05, 4.69) is 27.7 Å². The Balaban J connectivity index is -0.000000980. The second kappa shape index (κ2) is 9.57. The maximum atomic E-state index is 9.34. The maximum Gasteiger partial charge on any atom is 1.00 e. The minimum absolute atomic E-state index is 0. The summed E-state index contributed by atoms with van der Waals surface area (Å²) in [6.45, 7) is 4.82. The average molecular weight is 280 g/mol. The Morgan fingerprint density at radius 2 is 1.25 bits per heavy atom. The van der Waals surface area contributed by atoms with Crippen LogP contribution in [0.5, 0.6) is 0 Å². The average Bonchev–Trinajstić information content (AvgIpc) is 2.00. The molecule has 0 heterocycles. The zero-order valence-electron chi connectivity index (χ0n) is 12.2. The van der Waals surface area contributed by atoms with Crippen molar-refractivity contribution in [2.75, 3.05) is 11.5 Å². The molecule has 0 unspecified atom stereocenters. The van der Waals surface area contributed by atoms with E-state index in [0.29, 0.717) is 11.8 Å². The fraction of sp³-hybridized carbons (Fsp3) is 1.00. The van der Waals surface area contributed by atoms with Crippen LogP contribution < -0.4 is 29.6 Å². The summed E-state index contributed by atoms with van der Waals surface area (Å²) < 4.78 is 0. The largest absolute Gasteiger partial charge is 1.00 e. The van der Waals surface area contributed by atoms with Crippen molar-refractivity contribution in [1.82, 2.24) is 0 Å². The molecule has 0 rings (SSSR count). The molecule has 0 atom stereocenters. The van der Waals surface area contributed by atoms with Crippen LogP contribution in [0.3, 0.4) is 0 Å². The third-order valence-corrected chi connectivity index (χ3v) is 7.49. The van der Waals surface area contributed by atoms with Crippen LogP contribution in [0.25, 0.3) is 0 Å². The van der Waals surface area contributed by atoms with Crippen LogP contribution in [-0.4, -0.2) is 26.2 Å². The van der Waals surface area contributed by atoms with Gasteiger partial charge in [0.25, 0.3) is 6.72 Å². The molecule has 0 spiro atoms. The molecule has 3 nitrogen and oxygen atoms in total. The first kappa shape index (κ1) is 20.0. The van der Waals surface area contributed by atoms with Gasteiger partial charge in [0.2, 0.25) is 0 Å². The normalized spacial score (nSPS) is 12.4. The van der Waals surface area contributed by atoms with Gasteiger partial charge >= 0.3 is 29.6 Å². The van der Waals surface area contributed by atoms with Crippen LogP contribution in [0, 0.1) is 11.8 Å². The Morgan fingerprint density at radius 3 is 1.44 bits per heavy atom. The quantitative estimate of drug-likeness (QED) is 0.453. The zero-order chi connectivity index (χ0) is 12.1. The number of hydrogen-bond acceptors (Lipinski definition) is 0. The zero-order valence-corrected chi connectivity index (χ0v) is 14.9. The first-order valence-corrected chi connectivity index (χ1v) is 9.30. The molecule has 6 heteroatoms. The van der Waals surface area contributed by atoms with Gasteiger partial charge in [-0.1, -0.05) is 27.7 Å². The summed E-state index contributed by atoms with van der Waals surface area (Å²) in [4.78, 5) is 28.0. The van der Waals surface area contributed by atoms with Crippen LogP contribution in [-0.2, 0) is 10.1 Å². The van der Waals surface area contributed by atoms with E-state index in [0.717, 1.165) is 24.3 Å². The van der Waals surface area contributed by atoms with E-state index in [9.17, 15) is 14.7 Å². The fourth-order valence-corrected chi connectivity index (χ4v) is 5.37. The van der Waals surface area contributed by atoms with E-state index < -0.39 is 16.8 Å². The molecular weight excluding hydrogens is 254 g/mol. The Kier molecular flexibility index (Phi) is 12.0. The predicted molar refractivity (Wildman–Crippen MR) is 70.7 cm³/mol. The SMILES string of the molecule is CC(C)CCS(CCC(C)C)=P(O)(O)O.[H-].[Na+]. The molecule has 0 aliphatic heterocycles. The van der Waals surface area contributed by atoms with Crippen molar-refractivity contribution in [3.8, 4) is 0 Å². The fourth-order valence-electron chi connectivity index (χ4n) is 1.09. The molecule has 0 fully saturated rings. The molecule has 0 aliphatic carbocycles. The minimum atomic E-state index is -3.61. The van der Waals surface area contributed by atoms with Gasteiger partial charge in [0.05, 0.1) is 0 Å². The minimum Gasteiger partial charge on any atom is -1.00 e. The van der Waals surface area contributed by atoms with Crippen LogP contribution >= 0.6 is 6.72 Å². The van der Waals surface area contributed by atoms with Crippen LogP contribution in [0.15, 0.2) is 0 Å². The molecule has 0 saturated carbocycles. The van der Waals surface area contributed by atoms with Gasteiger partial charge in [-0.15, -0.1) is 10.1 Å². The van der Waals surface area contributed by atoms with Gasteiger partial charge in [-0.3, -0.25) is 0 Å². The molecule has 0 amide bonds. The Hall–Kier alpha value is 1.66. The first-order chi connectivity index (χ1) is 6.73. The smallest absolute Gasteiger partial charge is 1.00 e. The van der Waals surface area contributed by atoms with Crippen LogP contribution in [0.2, 0.25) is 0 Å². The second-order valence-electron chi connectivity index (χ2n) is 4.75. The van der Waals surface area contributed by atoms with Gasteiger partial charge in [0.1, 0.15) is 0 Å². The van der Waals surface area contributed by atoms with E-state index in [1.807, 2.05) is 0 Å². The van der Waals surface area contributed by atoms with Crippen molar-refractivity contribution in [3.63, 3.8) is 0 Å². The van der Waals surface area contributed by atoms with Gasteiger partial charge in [0, 0.05) is 0 Å². The predicted octanol–water partition coefficient (Wildman–Crippen LogP) is -0.532. The molecule has 0 aromatic carbocycles. The summed E-state index contributed by atoms with van der Waals surface area (Å²) in [7, 11) is -0.605. The Morgan fingerprint density at radius 1 is 0.938 bits per heavy atom. The molecule has 0 aromatic heterocycles. The summed E-state index contributed by atoms with van der Waals surface area (Å²) in [6, 6.07) is 0. The number of hydrogen-bond donors (Lipinski definition) is 3. The Labute approximate surface area is 126 Å². The van der Waals surface area contributed by atoms with Crippen molar-refractivity contribution >= 4 is 16.8 Å². The molecule has 3 N–H and O–H groups in total. The van der Waals surface area contributed by atoms with Crippen molar-refractivity contribution in [1.29, 1.82) is 0 Å². The summed E-state index contributed by atoms with van der Waals surface area (Å²) in [5.41, 5.74) is 0. The van der Waals surface area contributed by atoms with Gasteiger partial charge < -0.3 is 16.1 Å². The van der Waals surface area contributed by atoms with Crippen LogP contribution in [0.4, 0.5) is 0 Å². The molecule has 0 aliphatic rings. The molecule has 0 saturated heterocycles. The van der Waals surface area contributed by atoms with Crippen LogP contribution in [0.1, 0.15) is 42.0 Å². The van der Waals surface area contributed by atoms with E-state index in [4.69, 9.17) is 0 Å². The first-order valence-electron chi connectivity index (χ1n) is 5.49. The van der Waals surface area contributed by atoms with Crippen molar-refractivity contribution in [3.05, 3.63) is 0 Å². The summed E-state index contributed by atoms with van der Waals surface area (Å²) in [6.07, 6.45) is 1.90. The van der Waals surface area contributed by atoms with Crippen molar-refractivity contribution < 1.29 is 45.7 Å². The van der Waals surface area contributed by atoms with E-state index >= 15 is 0 Å². The molecule has 0 aromatic rings. The standard InChI is InChI=1S/C10H25O3PS.Na.H/c1-9(2)5-7-15(14(11,12)13)8-6-10(3)4;;/h9-13H,5-8H2,1-4H3;;/q;+1;-1. The van der Waals surface area contributed by atoms with Gasteiger partial charge in [0.15, 0.2) is 0 Å². The molecule has 0 radical (unpaired) electrons. The van der Waals surface area contributed by atoms with E-state index in [1.54, 1.807) is 0 Å². The molecule has 96 valence electrons. The topological polar surface area (TPSA) is 60.7 Å². The van der Waals surface area contributed by atoms with Gasteiger partial charge in [-0.25, -0.2) is 0 Å². The van der Waals surface area contributed by atoms with E-state index in [1.165, 1.54) is 0 Å². The Bertz CT molecular complexity index is 221. The maximum absolute atomic E-state index is 9.34. The van der Waals surface area contributed by atoms with Crippen molar-refractivity contribution in [2.24, 2.45) is 11.8 Å². The summed E-state index contributed by atoms with van der Waals surface area (Å²) in [5.74, 6) is 2.57. The third kappa shape index (κ3) is 10.8. The molecule has 16 heavy (non-hydrogen) atoms.